The molecule has 0 spiro atoms. The van der Waals surface area contributed by atoms with Crippen LogP contribution in [-0.4, -0.2) is 21.5 Å². The first kappa shape index (κ1) is 11.3. The van der Waals surface area contributed by atoms with Crippen LogP contribution in [0.1, 0.15) is 5.82 Å². The van der Waals surface area contributed by atoms with Gasteiger partial charge < -0.3 is 9.63 Å². The van der Waals surface area contributed by atoms with Crippen LogP contribution in [0.4, 0.5) is 0 Å². The molecule has 1 aromatic heterocycles. The van der Waals surface area contributed by atoms with Crippen molar-refractivity contribution in [1.29, 1.82) is 0 Å². The van der Waals surface area contributed by atoms with Crippen molar-refractivity contribution in [2.45, 2.75) is 5.75 Å². The summed E-state index contributed by atoms with van der Waals surface area (Å²) in [6.45, 7) is 0. The molecule has 0 amide bonds. The highest BCUT2D eigenvalue weighted by Crippen LogP contribution is 2.30. The molecule has 0 aliphatic heterocycles. The second-order valence-electron chi connectivity index (χ2n) is 3.11. The van der Waals surface area contributed by atoms with Crippen molar-refractivity contribution in [3.63, 3.8) is 0 Å². The maximum Gasteiger partial charge on any atom is 0.259 e. The predicted molar refractivity (Wildman–Crippen MR) is 63.6 cm³/mol. The summed E-state index contributed by atoms with van der Waals surface area (Å²) in [5.41, 5.74) is 0.543. The number of nitrogens with zero attached hydrogens (tertiary/aromatic N) is 2. The Morgan fingerprint density at radius 3 is 3.06 bits per heavy atom. The molecule has 0 atom stereocenters. The summed E-state index contributed by atoms with van der Waals surface area (Å²) in [5, 5.41) is 13.6. The zero-order chi connectivity index (χ0) is 11.5. The Morgan fingerprint density at radius 1 is 1.50 bits per heavy atom. The van der Waals surface area contributed by atoms with Crippen LogP contribution in [0, 0.1) is 0 Å². The Hall–Kier alpha value is -1.20. The molecule has 1 heterocycles. The predicted octanol–water partition coefficient (Wildman–Crippen LogP) is 2.96. The number of phenolic OH excluding ortho intramolecular Hbond substituents is 1. The van der Waals surface area contributed by atoms with Crippen LogP contribution >= 0.6 is 23.4 Å². The minimum atomic E-state index is 0.115. The Balaban J connectivity index is 2.38. The molecular weight excluding hydrogens is 248 g/mol. The van der Waals surface area contributed by atoms with Crippen LogP contribution in [0.3, 0.4) is 0 Å². The average molecular weight is 257 g/mol. The molecule has 1 aromatic carbocycles. The topological polar surface area (TPSA) is 59.2 Å². The van der Waals surface area contributed by atoms with E-state index in [1.54, 1.807) is 17.8 Å². The van der Waals surface area contributed by atoms with E-state index < -0.39 is 0 Å². The van der Waals surface area contributed by atoms with E-state index in [4.69, 9.17) is 16.1 Å². The van der Waals surface area contributed by atoms with Crippen LogP contribution in [0.15, 0.2) is 22.7 Å². The van der Waals surface area contributed by atoms with Crippen molar-refractivity contribution >= 4 is 23.4 Å². The number of aromatic nitrogens is 2. The molecule has 2 rings (SSSR count). The molecule has 4 nitrogen and oxygen atoms in total. The van der Waals surface area contributed by atoms with Crippen molar-refractivity contribution in [1.82, 2.24) is 10.1 Å². The minimum absolute atomic E-state index is 0.115. The molecule has 0 bridgehead atoms. The van der Waals surface area contributed by atoms with E-state index >= 15 is 0 Å². The summed E-state index contributed by atoms with van der Waals surface area (Å²) in [7, 11) is 0. The van der Waals surface area contributed by atoms with Crippen molar-refractivity contribution in [3.05, 3.63) is 29.0 Å². The zero-order valence-electron chi connectivity index (χ0n) is 8.48. The van der Waals surface area contributed by atoms with Gasteiger partial charge in [-0.1, -0.05) is 16.8 Å². The molecule has 0 unspecified atom stereocenters. The summed E-state index contributed by atoms with van der Waals surface area (Å²) < 4.78 is 5.07. The second-order valence-corrected chi connectivity index (χ2v) is 4.39. The highest BCUT2D eigenvalue weighted by Gasteiger charge is 2.12. The summed E-state index contributed by atoms with van der Waals surface area (Å²) in [6.07, 6.45) is 1.96. The fourth-order valence-corrected chi connectivity index (χ4v) is 1.80. The largest absolute Gasteiger partial charge is 0.508 e. The van der Waals surface area contributed by atoms with Gasteiger partial charge in [0.2, 0.25) is 0 Å². The lowest BCUT2D eigenvalue weighted by Crippen LogP contribution is -1.83. The zero-order valence-corrected chi connectivity index (χ0v) is 10.0. The molecule has 2 aromatic rings. The first-order valence-corrected chi connectivity index (χ1v) is 6.28. The van der Waals surface area contributed by atoms with Gasteiger partial charge in [-0.3, -0.25) is 0 Å². The van der Waals surface area contributed by atoms with Crippen LogP contribution in [-0.2, 0) is 5.75 Å². The van der Waals surface area contributed by atoms with Crippen molar-refractivity contribution < 1.29 is 9.63 Å². The number of rotatable bonds is 3. The lowest BCUT2D eigenvalue weighted by atomic mass is 10.2. The van der Waals surface area contributed by atoms with Gasteiger partial charge in [0, 0.05) is 0 Å². The molecular formula is C10H9ClN2O2S. The molecule has 84 valence electrons. The van der Waals surface area contributed by atoms with E-state index in [0.29, 0.717) is 28.1 Å². The van der Waals surface area contributed by atoms with E-state index in [0.717, 1.165) is 0 Å². The molecule has 1 N–H and O–H groups in total. The van der Waals surface area contributed by atoms with Gasteiger partial charge in [0.15, 0.2) is 5.82 Å². The van der Waals surface area contributed by atoms with E-state index in [-0.39, 0.29) is 5.75 Å². The first-order chi connectivity index (χ1) is 7.70. The molecule has 0 saturated heterocycles. The van der Waals surface area contributed by atoms with Gasteiger partial charge in [0.05, 0.1) is 16.3 Å². The first-order valence-electron chi connectivity index (χ1n) is 4.51. The lowest BCUT2D eigenvalue weighted by molar-refractivity contribution is 0.424. The number of benzene rings is 1. The summed E-state index contributed by atoms with van der Waals surface area (Å²) in [6, 6.07) is 4.59. The third-order valence-corrected chi connectivity index (χ3v) is 2.80. The van der Waals surface area contributed by atoms with Crippen molar-refractivity contribution in [2.24, 2.45) is 0 Å². The lowest BCUT2D eigenvalue weighted by Gasteiger charge is -1.98. The Kier molecular flexibility index (Phi) is 3.36. The summed E-state index contributed by atoms with van der Waals surface area (Å²) >= 11 is 7.58. The SMILES string of the molecule is CSCc1noc(-c2cc(O)ccc2Cl)n1. The van der Waals surface area contributed by atoms with E-state index in [9.17, 15) is 5.11 Å². The molecule has 0 aliphatic carbocycles. The fourth-order valence-electron chi connectivity index (χ4n) is 1.23. The number of aromatic hydroxyl groups is 1. The Labute approximate surface area is 102 Å². The van der Waals surface area contributed by atoms with Crippen LogP contribution < -0.4 is 0 Å². The normalized spacial score (nSPS) is 10.6. The maximum atomic E-state index is 9.36. The van der Waals surface area contributed by atoms with Crippen molar-refractivity contribution in [3.8, 4) is 17.2 Å². The fraction of sp³-hybridized carbons (Fsp3) is 0.200. The molecule has 0 radical (unpaired) electrons. The van der Waals surface area contributed by atoms with Crippen LogP contribution in [0.25, 0.3) is 11.5 Å². The summed E-state index contributed by atoms with van der Waals surface area (Å²) in [4.78, 5) is 4.18. The molecule has 6 heteroatoms. The van der Waals surface area contributed by atoms with Gasteiger partial charge >= 0.3 is 0 Å². The highest BCUT2D eigenvalue weighted by atomic mass is 35.5. The molecule has 16 heavy (non-hydrogen) atoms. The van der Waals surface area contributed by atoms with Gasteiger partial charge in [0.25, 0.3) is 5.89 Å². The molecule has 0 saturated carbocycles. The van der Waals surface area contributed by atoms with Gasteiger partial charge in [-0.2, -0.15) is 16.7 Å². The molecule has 0 aliphatic rings. The van der Waals surface area contributed by atoms with Gasteiger partial charge in [-0.05, 0) is 24.5 Å². The molecule has 0 fully saturated rings. The third-order valence-electron chi connectivity index (χ3n) is 1.92. The van der Waals surface area contributed by atoms with E-state index in [1.807, 2.05) is 6.26 Å². The highest BCUT2D eigenvalue weighted by molar-refractivity contribution is 7.97. The number of phenols is 1. The number of halogens is 1. The van der Waals surface area contributed by atoms with Crippen molar-refractivity contribution in [2.75, 3.05) is 6.26 Å². The van der Waals surface area contributed by atoms with E-state index in [2.05, 4.69) is 10.1 Å². The van der Waals surface area contributed by atoms with Crippen LogP contribution in [0.5, 0.6) is 5.75 Å². The number of thioether (sulfide) groups is 1. The monoisotopic (exact) mass is 256 g/mol. The number of hydrogen-bond donors (Lipinski definition) is 1. The quantitative estimate of drug-likeness (QED) is 0.915. The van der Waals surface area contributed by atoms with Gasteiger partial charge in [0.1, 0.15) is 5.75 Å². The van der Waals surface area contributed by atoms with E-state index in [1.165, 1.54) is 12.1 Å². The third kappa shape index (κ3) is 2.31. The summed E-state index contributed by atoms with van der Waals surface area (Å²) in [5.74, 6) is 1.73. The Morgan fingerprint density at radius 2 is 2.31 bits per heavy atom. The maximum absolute atomic E-state index is 9.36. The minimum Gasteiger partial charge on any atom is -0.508 e. The Bertz CT molecular complexity index is 501. The smallest absolute Gasteiger partial charge is 0.259 e. The average Bonchev–Trinajstić information content (AvgIpc) is 2.71. The standard InChI is InChI=1S/C10H9ClN2O2S/c1-16-5-9-12-10(15-13-9)7-4-6(14)2-3-8(7)11/h2-4,14H,5H2,1H3. The number of hydrogen-bond acceptors (Lipinski definition) is 5. The second kappa shape index (κ2) is 4.76. The van der Waals surface area contributed by atoms with Gasteiger partial charge in [-0.15, -0.1) is 0 Å². The van der Waals surface area contributed by atoms with Gasteiger partial charge in [-0.25, -0.2) is 0 Å². The van der Waals surface area contributed by atoms with Crippen LogP contribution in [0.2, 0.25) is 5.02 Å².